The van der Waals surface area contributed by atoms with E-state index >= 15 is 0 Å². The second kappa shape index (κ2) is 3.68. The zero-order valence-electron chi connectivity index (χ0n) is 8.81. The van der Waals surface area contributed by atoms with Crippen molar-refractivity contribution >= 4 is 5.69 Å². The summed E-state index contributed by atoms with van der Waals surface area (Å²) in [6.07, 6.45) is 3.54. The van der Waals surface area contributed by atoms with E-state index in [0.717, 1.165) is 17.2 Å². The van der Waals surface area contributed by atoms with Gasteiger partial charge in [-0.25, -0.2) is 9.97 Å². The van der Waals surface area contributed by atoms with Crippen LogP contribution in [0.5, 0.6) is 0 Å². The summed E-state index contributed by atoms with van der Waals surface area (Å²) in [5.74, 6) is 0.748. The summed E-state index contributed by atoms with van der Waals surface area (Å²) in [5, 5.41) is 4.25. The Labute approximate surface area is 88.0 Å². The first-order valence-corrected chi connectivity index (χ1v) is 4.73. The first kappa shape index (κ1) is 9.64. The quantitative estimate of drug-likeness (QED) is 0.788. The molecule has 2 N–H and O–H groups in total. The Hall–Kier alpha value is -1.91. The molecule has 78 valence electrons. The van der Waals surface area contributed by atoms with Crippen LogP contribution in [-0.4, -0.2) is 19.7 Å². The lowest BCUT2D eigenvalue weighted by Crippen LogP contribution is -2.05. The molecule has 0 spiro atoms. The molecule has 2 rings (SSSR count). The minimum atomic E-state index is 0.555. The molecule has 0 fully saturated rings. The number of nitrogen functional groups attached to an aromatic ring is 1. The molecule has 0 amide bonds. The van der Waals surface area contributed by atoms with E-state index in [1.807, 2.05) is 19.9 Å². The van der Waals surface area contributed by atoms with Crippen LogP contribution in [0.2, 0.25) is 0 Å². The smallest absolute Gasteiger partial charge is 0.149 e. The van der Waals surface area contributed by atoms with Crippen molar-refractivity contribution in [3.63, 3.8) is 0 Å². The van der Waals surface area contributed by atoms with E-state index in [9.17, 15) is 0 Å². The number of hydrogen-bond donors (Lipinski definition) is 1. The van der Waals surface area contributed by atoms with Crippen molar-refractivity contribution in [2.75, 3.05) is 5.73 Å². The van der Waals surface area contributed by atoms with Crippen molar-refractivity contribution in [3.8, 4) is 0 Å². The fourth-order valence-corrected chi connectivity index (χ4v) is 1.34. The third kappa shape index (κ3) is 2.12. The first-order valence-electron chi connectivity index (χ1n) is 4.73. The molecule has 0 aliphatic carbocycles. The molecule has 0 bridgehead atoms. The van der Waals surface area contributed by atoms with Gasteiger partial charge in [-0.3, -0.25) is 4.68 Å². The summed E-state index contributed by atoms with van der Waals surface area (Å²) < 4.78 is 1.75. The predicted octanol–water partition coefficient (Wildman–Crippen LogP) is 0.920. The molecule has 0 atom stereocenters. The Balaban J connectivity index is 2.22. The van der Waals surface area contributed by atoms with Crippen LogP contribution in [0, 0.1) is 13.8 Å². The van der Waals surface area contributed by atoms with Crippen molar-refractivity contribution in [2.24, 2.45) is 0 Å². The summed E-state index contributed by atoms with van der Waals surface area (Å²) in [4.78, 5) is 8.46. The highest BCUT2D eigenvalue weighted by atomic mass is 15.3. The Morgan fingerprint density at radius 3 is 2.80 bits per heavy atom. The Kier molecular flexibility index (Phi) is 2.37. The van der Waals surface area contributed by atoms with E-state index in [2.05, 4.69) is 15.1 Å². The first-order chi connectivity index (χ1) is 7.15. The lowest BCUT2D eigenvalue weighted by molar-refractivity contribution is 0.647. The number of nitrogens with zero attached hydrogens (tertiary/aromatic N) is 4. The van der Waals surface area contributed by atoms with Crippen LogP contribution in [-0.2, 0) is 6.54 Å². The van der Waals surface area contributed by atoms with Crippen LogP contribution in [0.25, 0.3) is 0 Å². The van der Waals surface area contributed by atoms with Gasteiger partial charge < -0.3 is 5.73 Å². The van der Waals surface area contributed by atoms with Crippen LogP contribution < -0.4 is 5.73 Å². The summed E-state index contributed by atoms with van der Waals surface area (Å²) in [7, 11) is 0. The third-order valence-corrected chi connectivity index (χ3v) is 2.13. The Morgan fingerprint density at radius 2 is 2.20 bits per heavy atom. The number of aromatic nitrogens is 4. The van der Waals surface area contributed by atoms with Gasteiger partial charge in [-0.05, 0) is 19.9 Å². The summed E-state index contributed by atoms with van der Waals surface area (Å²) in [5.41, 5.74) is 8.19. The molecule has 0 radical (unpaired) electrons. The Bertz CT molecular complexity index is 455. The molecule has 0 unspecified atom stereocenters. The normalized spacial score (nSPS) is 10.5. The zero-order valence-corrected chi connectivity index (χ0v) is 8.81. The van der Waals surface area contributed by atoms with E-state index in [4.69, 9.17) is 5.73 Å². The van der Waals surface area contributed by atoms with Crippen LogP contribution in [0.15, 0.2) is 18.5 Å². The minimum Gasteiger partial charge on any atom is -0.396 e. The van der Waals surface area contributed by atoms with E-state index < -0.39 is 0 Å². The SMILES string of the molecule is Cc1ccnc(Cn2cc(N)c(C)n2)n1. The summed E-state index contributed by atoms with van der Waals surface area (Å²) >= 11 is 0. The summed E-state index contributed by atoms with van der Waals surface area (Å²) in [6.45, 7) is 4.37. The number of anilines is 1. The number of nitrogens with two attached hydrogens (primary N) is 1. The highest BCUT2D eigenvalue weighted by Crippen LogP contribution is 2.07. The van der Waals surface area contributed by atoms with Crippen molar-refractivity contribution in [1.82, 2.24) is 19.7 Å². The summed E-state index contributed by atoms with van der Waals surface area (Å²) in [6, 6.07) is 1.87. The standard InChI is InChI=1S/C10H13N5/c1-7-3-4-12-10(13-7)6-15-5-9(11)8(2)14-15/h3-5H,6,11H2,1-2H3. The number of hydrogen-bond acceptors (Lipinski definition) is 4. The van der Waals surface area contributed by atoms with Gasteiger partial charge in [0, 0.05) is 18.1 Å². The molecule has 5 heteroatoms. The van der Waals surface area contributed by atoms with Crippen molar-refractivity contribution in [1.29, 1.82) is 0 Å². The van der Waals surface area contributed by atoms with E-state index in [1.165, 1.54) is 0 Å². The Morgan fingerprint density at radius 1 is 1.40 bits per heavy atom. The molecule has 2 aromatic rings. The molecule has 2 aromatic heterocycles. The van der Waals surface area contributed by atoms with Crippen LogP contribution >= 0.6 is 0 Å². The van der Waals surface area contributed by atoms with E-state index in [1.54, 1.807) is 17.1 Å². The average molecular weight is 203 g/mol. The minimum absolute atomic E-state index is 0.555. The fraction of sp³-hybridized carbons (Fsp3) is 0.300. The number of aryl methyl sites for hydroxylation is 2. The van der Waals surface area contributed by atoms with Gasteiger partial charge in [0.2, 0.25) is 0 Å². The monoisotopic (exact) mass is 203 g/mol. The molecule has 15 heavy (non-hydrogen) atoms. The van der Waals surface area contributed by atoms with Crippen LogP contribution in [0.3, 0.4) is 0 Å². The molecule has 5 nitrogen and oxygen atoms in total. The highest BCUT2D eigenvalue weighted by Gasteiger charge is 2.03. The lowest BCUT2D eigenvalue weighted by atomic mass is 10.4. The molecular formula is C10H13N5. The van der Waals surface area contributed by atoms with Gasteiger partial charge in [0.25, 0.3) is 0 Å². The van der Waals surface area contributed by atoms with Crippen molar-refractivity contribution in [2.45, 2.75) is 20.4 Å². The molecule has 0 aromatic carbocycles. The molecule has 2 heterocycles. The largest absolute Gasteiger partial charge is 0.396 e. The fourth-order valence-electron chi connectivity index (χ4n) is 1.34. The lowest BCUT2D eigenvalue weighted by Gasteiger charge is -2.00. The zero-order chi connectivity index (χ0) is 10.8. The van der Waals surface area contributed by atoms with Gasteiger partial charge in [-0.1, -0.05) is 0 Å². The van der Waals surface area contributed by atoms with E-state index in [-0.39, 0.29) is 0 Å². The number of rotatable bonds is 2. The van der Waals surface area contributed by atoms with Crippen LogP contribution in [0.4, 0.5) is 5.69 Å². The van der Waals surface area contributed by atoms with Gasteiger partial charge >= 0.3 is 0 Å². The molecule has 0 aliphatic rings. The van der Waals surface area contributed by atoms with Crippen molar-refractivity contribution < 1.29 is 0 Å². The molecular weight excluding hydrogens is 190 g/mol. The maximum absolute atomic E-state index is 5.70. The van der Waals surface area contributed by atoms with E-state index in [0.29, 0.717) is 12.2 Å². The maximum Gasteiger partial charge on any atom is 0.149 e. The van der Waals surface area contributed by atoms with Gasteiger partial charge in [0.1, 0.15) is 12.4 Å². The molecule has 0 saturated heterocycles. The highest BCUT2D eigenvalue weighted by molar-refractivity contribution is 5.39. The van der Waals surface area contributed by atoms with Gasteiger partial charge in [-0.15, -0.1) is 0 Å². The topological polar surface area (TPSA) is 69.6 Å². The second-order valence-corrected chi connectivity index (χ2v) is 3.48. The molecule has 0 saturated carbocycles. The molecule has 0 aliphatic heterocycles. The van der Waals surface area contributed by atoms with Gasteiger partial charge in [-0.2, -0.15) is 5.10 Å². The van der Waals surface area contributed by atoms with Crippen LogP contribution in [0.1, 0.15) is 17.2 Å². The van der Waals surface area contributed by atoms with Crippen molar-refractivity contribution in [3.05, 3.63) is 35.7 Å². The van der Waals surface area contributed by atoms with Gasteiger partial charge in [0.15, 0.2) is 0 Å². The third-order valence-electron chi connectivity index (χ3n) is 2.13. The predicted molar refractivity (Wildman–Crippen MR) is 57.2 cm³/mol. The second-order valence-electron chi connectivity index (χ2n) is 3.48. The average Bonchev–Trinajstić information content (AvgIpc) is 2.45. The maximum atomic E-state index is 5.70. The van der Waals surface area contributed by atoms with Gasteiger partial charge in [0.05, 0.1) is 11.4 Å².